The minimum atomic E-state index is 0. The maximum atomic E-state index is 12.4. The zero-order chi connectivity index (χ0) is 15.0. The fourth-order valence-electron chi connectivity index (χ4n) is 1.86. The molecular formula is C18H32N2O. The lowest BCUT2D eigenvalue weighted by Gasteiger charge is -2.27. The third-order valence-corrected chi connectivity index (χ3v) is 3.23. The van der Waals surface area contributed by atoms with Gasteiger partial charge in [-0.3, -0.25) is 0 Å². The average Bonchev–Trinajstić information content (AvgIpc) is 2.38. The Labute approximate surface area is 130 Å². The van der Waals surface area contributed by atoms with Gasteiger partial charge in [-0.1, -0.05) is 59.7 Å². The van der Waals surface area contributed by atoms with Gasteiger partial charge in [0.25, 0.3) is 0 Å². The normalized spacial score (nSPS) is 10.7. The van der Waals surface area contributed by atoms with E-state index in [0.29, 0.717) is 0 Å². The highest BCUT2D eigenvalue weighted by molar-refractivity contribution is 5.89. The highest BCUT2D eigenvalue weighted by Gasteiger charge is 2.17. The number of carbonyl (C=O) groups is 1. The fourth-order valence-corrected chi connectivity index (χ4v) is 1.86. The Balaban J connectivity index is 0.00000400. The number of urea groups is 1. The third-order valence-electron chi connectivity index (χ3n) is 3.23. The molecule has 0 aliphatic carbocycles. The number of rotatable bonds is 6. The second-order valence-corrected chi connectivity index (χ2v) is 6.45. The Hall–Kier alpha value is -1.51. The summed E-state index contributed by atoms with van der Waals surface area (Å²) in [7, 11) is 0. The Kier molecular flexibility index (Phi) is 8.75. The predicted octanol–water partition coefficient (Wildman–Crippen LogP) is 5.39. The first-order valence-electron chi connectivity index (χ1n) is 7.53. The van der Waals surface area contributed by atoms with Crippen LogP contribution in [0.5, 0.6) is 0 Å². The van der Waals surface area contributed by atoms with Gasteiger partial charge in [0.1, 0.15) is 0 Å². The van der Waals surface area contributed by atoms with E-state index in [-0.39, 0.29) is 18.9 Å². The second kappa shape index (κ2) is 9.43. The SMILES string of the molecule is C.CCCCN(CCC(C)(C)C)C(=O)Nc1ccccc1. The summed E-state index contributed by atoms with van der Waals surface area (Å²) >= 11 is 0. The van der Waals surface area contributed by atoms with Gasteiger partial charge in [0.05, 0.1) is 0 Å². The molecular weight excluding hydrogens is 260 g/mol. The van der Waals surface area contributed by atoms with Gasteiger partial charge in [-0.2, -0.15) is 0 Å². The zero-order valence-electron chi connectivity index (χ0n) is 13.3. The topological polar surface area (TPSA) is 32.3 Å². The van der Waals surface area contributed by atoms with E-state index >= 15 is 0 Å². The molecule has 120 valence electrons. The Morgan fingerprint density at radius 3 is 2.29 bits per heavy atom. The Bertz CT molecular complexity index is 395. The van der Waals surface area contributed by atoms with Crippen LogP contribution in [0.25, 0.3) is 0 Å². The number of anilines is 1. The number of hydrogen-bond acceptors (Lipinski definition) is 1. The first-order chi connectivity index (χ1) is 9.42. The monoisotopic (exact) mass is 292 g/mol. The van der Waals surface area contributed by atoms with Gasteiger partial charge in [-0.15, -0.1) is 0 Å². The molecule has 1 N–H and O–H groups in total. The summed E-state index contributed by atoms with van der Waals surface area (Å²) in [6.45, 7) is 10.4. The lowest BCUT2D eigenvalue weighted by atomic mass is 9.92. The number of benzene rings is 1. The van der Waals surface area contributed by atoms with E-state index in [1.807, 2.05) is 35.2 Å². The number of hydrogen-bond donors (Lipinski definition) is 1. The van der Waals surface area contributed by atoms with Crippen LogP contribution in [0, 0.1) is 5.41 Å². The van der Waals surface area contributed by atoms with E-state index in [9.17, 15) is 4.79 Å². The molecule has 0 unspecified atom stereocenters. The number of carbonyl (C=O) groups excluding carboxylic acids is 1. The summed E-state index contributed by atoms with van der Waals surface area (Å²) in [5, 5.41) is 2.97. The van der Waals surface area contributed by atoms with Gasteiger partial charge < -0.3 is 10.2 Å². The van der Waals surface area contributed by atoms with Crippen molar-refractivity contribution < 1.29 is 4.79 Å². The molecule has 0 saturated heterocycles. The molecule has 1 aromatic rings. The van der Waals surface area contributed by atoms with Crippen LogP contribution in [0.15, 0.2) is 30.3 Å². The maximum Gasteiger partial charge on any atom is 0.321 e. The second-order valence-electron chi connectivity index (χ2n) is 6.45. The van der Waals surface area contributed by atoms with Crippen LogP contribution in [0.3, 0.4) is 0 Å². The quantitative estimate of drug-likeness (QED) is 0.748. The fraction of sp³-hybridized carbons (Fsp3) is 0.611. The molecule has 21 heavy (non-hydrogen) atoms. The smallest absolute Gasteiger partial charge is 0.321 e. The minimum absolute atomic E-state index is 0. The number of nitrogens with one attached hydrogen (secondary N) is 1. The van der Waals surface area contributed by atoms with Gasteiger partial charge in [0, 0.05) is 18.8 Å². The van der Waals surface area contributed by atoms with Gasteiger partial charge in [-0.05, 0) is 30.4 Å². The van der Waals surface area contributed by atoms with Gasteiger partial charge >= 0.3 is 6.03 Å². The van der Waals surface area contributed by atoms with Crippen LogP contribution < -0.4 is 5.32 Å². The number of nitrogens with zero attached hydrogens (tertiary/aromatic N) is 1. The van der Waals surface area contributed by atoms with Crippen LogP contribution in [-0.2, 0) is 0 Å². The molecule has 0 aromatic heterocycles. The van der Waals surface area contributed by atoms with Gasteiger partial charge in [0.15, 0.2) is 0 Å². The Morgan fingerprint density at radius 2 is 1.76 bits per heavy atom. The number of para-hydroxylation sites is 1. The molecule has 0 heterocycles. The largest absolute Gasteiger partial charge is 0.325 e. The van der Waals surface area contributed by atoms with Crippen molar-refractivity contribution in [2.24, 2.45) is 5.41 Å². The van der Waals surface area contributed by atoms with E-state index in [1.165, 1.54) is 0 Å². The van der Waals surface area contributed by atoms with E-state index in [1.54, 1.807) is 0 Å². The van der Waals surface area contributed by atoms with Crippen LogP contribution >= 0.6 is 0 Å². The summed E-state index contributed by atoms with van der Waals surface area (Å²) in [6, 6.07) is 9.65. The summed E-state index contributed by atoms with van der Waals surface area (Å²) in [6.07, 6.45) is 3.16. The van der Waals surface area contributed by atoms with Crippen molar-refractivity contribution in [3.63, 3.8) is 0 Å². The molecule has 0 radical (unpaired) electrons. The first kappa shape index (κ1) is 19.5. The third kappa shape index (κ3) is 8.38. The van der Waals surface area contributed by atoms with Crippen LogP contribution in [-0.4, -0.2) is 24.0 Å². The molecule has 0 atom stereocenters. The van der Waals surface area contributed by atoms with Crippen molar-refractivity contribution >= 4 is 11.7 Å². The van der Waals surface area contributed by atoms with E-state index < -0.39 is 0 Å². The highest BCUT2D eigenvalue weighted by atomic mass is 16.2. The molecule has 3 heteroatoms. The zero-order valence-corrected chi connectivity index (χ0v) is 13.3. The first-order valence-corrected chi connectivity index (χ1v) is 7.53. The minimum Gasteiger partial charge on any atom is -0.325 e. The van der Waals surface area contributed by atoms with Crippen molar-refractivity contribution in [1.82, 2.24) is 4.90 Å². The van der Waals surface area contributed by atoms with E-state index in [4.69, 9.17) is 0 Å². The van der Waals surface area contributed by atoms with Crippen molar-refractivity contribution in [3.05, 3.63) is 30.3 Å². The van der Waals surface area contributed by atoms with Crippen molar-refractivity contribution in [2.75, 3.05) is 18.4 Å². The van der Waals surface area contributed by atoms with E-state index in [0.717, 1.165) is 38.0 Å². The molecule has 0 aliphatic rings. The molecule has 1 aromatic carbocycles. The molecule has 1 rings (SSSR count). The molecule has 0 bridgehead atoms. The predicted molar refractivity (Wildman–Crippen MR) is 92.7 cm³/mol. The molecule has 3 nitrogen and oxygen atoms in total. The van der Waals surface area contributed by atoms with Crippen molar-refractivity contribution in [3.8, 4) is 0 Å². The van der Waals surface area contributed by atoms with Crippen molar-refractivity contribution in [2.45, 2.75) is 54.4 Å². The molecule has 0 fully saturated rings. The number of amides is 2. The lowest BCUT2D eigenvalue weighted by molar-refractivity contribution is 0.200. The number of unbranched alkanes of at least 4 members (excludes halogenated alkanes) is 1. The molecule has 0 aliphatic heterocycles. The molecule has 0 saturated carbocycles. The Morgan fingerprint density at radius 1 is 1.14 bits per heavy atom. The van der Waals surface area contributed by atoms with Crippen LogP contribution in [0.2, 0.25) is 0 Å². The molecule has 2 amide bonds. The summed E-state index contributed by atoms with van der Waals surface area (Å²) in [4.78, 5) is 14.3. The van der Waals surface area contributed by atoms with Gasteiger partial charge in [0.2, 0.25) is 0 Å². The summed E-state index contributed by atoms with van der Waals surface area (Å²) in [5.41, 5.74) is 1.10. The van der Waals surface area contributed by atoms with Gasteiger partial charge in [-0.25, -0.2) is 4.79 Å². The summed E-state index contributed by atoms with van der Waals surface area (Å²) in [5.74, 6) is 0. The van der Waals surface area contributed by atoms with Crippen LogP contribution in [0.4, 0.5) is 10.5 Å². The van der Waals surface area contributed by atoms with Crippen molar-refractivity contribution in [1.29, 1.82) is 0 Å². The van der Waals surface area contributed by atoms with E-state index in [2.05, 4.69) is 33.0 Å². The van der Waals surface area contributed by atoms with Crippen LogP contribution in [0.1, 0.15) is 54.4 Å². The molecule has 0 spiro atoms. The lowest BCUT2D eigenvalue weighted by Crippen LogP contribution is -2.37. The standard InChI is InChI=1S/C17H28N2O.CH4/c1-5-6-13-19(14-12-17(2,3)4)16(20)18-15-10-8-7-9-11-15;/h7-11H,5-6,12-14H2,1-4H3,(H,18,20);1H4. The highest BCUT2D eigenvalue weighted by Crippen LogP contribution is 2.19. The maximum absolute atomic E-state index is 12.4. The summed E-state index contributed by atoms with van der Waals surface area (Å²) < 4.78 is 0. The average molecular weight is 292 g/mol.